The molecule has 0 aliphatic heterocycles. The van der Waals surface area contributed by atoms with Gasteiger partial charge in [-0.05, 0) is 18.6 Å². The molecule has 0 bridgehead atoms. The lowest BCUT2D eigenvalue weighted by Crippen LogP contribution is -2.10. The Kier molecular flexibility index (Phi) is 4.32. The average molecular weight is 349 g/mol. The van der Waals surface area contributed by atoms with Crippen molar-refractivity contribution in [1.29, 1.82) is 0 Å². The molecule has 120 valence electrons. The van der Waals surface area contributed by atoms with Gasteiger partial charge in [0.05, 0.1) is 16.2 Å². The molecule has 0 atom stereocenters. The first-order valence-corrected chi connectivity index (χ1v) is 9.62. The van der Waals surface area contributed by atoms with Crippen molar-refractivity contribution < 1.29 is 18.3 Å². The second-order valence-electron chi connectivity index (χ2n) is 5.30. The van der Waals surface area contributed by atoms with Gasteiger partial charge in [-0.25, -0.2) is 13.4 Å². The minimum atomic E-state index is -3.45. The number of benzene rings is 1. The standard InChI is InChI=1S/C16H15NO4S2/c18-13-7-4-8-14(19)15(13)16-17-9-11(22-16)10-23(20,21)12-5-2-1-3-6-12/h1-3,5-6,9,18H,4,7-8,10H2. The van der Waals surface area contributed by atoms with E-state index in [9.17, 15) is 18.3 Å². The zero-order valence-electron chi connectivity index (χ0n) is 12.2. The Hall–Kier alpha value is -1.99. The molecule has 0 unspecified atom stereocenters. The van der Waals surface area contributed by atoms with E-state index in [0.717, 1.165) is 11.3 Å². The first-order chi connectivity index (χ1) is 11.0. The van der Waals surface area contributed by atoms with Crippen LogP contribution in [0.4, 0.5) is 0 Å². The largest absolute Gasteiger partial charge is 0.511 e. The number of allylic oxidation sites excluding steroid dienone is 2. The minimum absolute atomic E-state index is 0.0491. The van der Waals surface area contributed by atoms with Crippen molar-refractivity contribution in [2.75, 3.05) is 0 Å². The van der Waals surface area contributed by atoms with E-state index in [4.69, 9.17) is 0 Å². The molecule has 1 aliphatic rings. The van der Waals surface area contributed by atoms with Gasteiger partial charge in [0.1, 0.15) is 10.8 Å². The summed E-state index contributed by atoms with van der Waals surface area (Å²) in [7, 11) is -3.45. The summed E-state index contributed by atoms with van der Waals surface area (Å²) in [4.78, 5) is 16.9. The molecule has 5 nitrogen and oxygen atoms in total. The van der Waals surface area contributed by atoms with Crippen LogP contribution < -0.4 is 0 Å². The molecule has 1 aromatic carbocycles. The molecule has 1 aliphatic carbocycles. The van der Waals surface area contributed by atoms with E-state index in [2.05, 4.69) is 4.98 Å². The summed E-state index contributed by atoms with van der Waals surface area (Å²) >= 11 is 1.14. The molecule has 0 fully saturated rings. The van der Waals surface area contributed by atoms with Crippen molar-refractivity contribution >= 4 is 32.5 Å². The fourth-order valence-electron chi connectivity index (χ4n) is 2.46. The van der Waals surface area contributed by atoms with E-state index in [1.54, 1.807) is 30.3 Å². The predicted molar refractivity (Wildman–Crippen MR) is 87.9 cm³/mol. The van der Waals surface area contributed by atoms with Crippen LogP contribution in [-0.4, -0.2) is 24.3 Å². The molecule has 23 heavy (non-hydrogen) atoms. The van der Waals surface area contributed by atoms with Crippen molar-refractivity contribution in [2.45, 2.75) is 29.9 Å². The maximum atomic E-state index is 12.4. The third kappa shape index (κ3) is 3.35. The van der Waals surface area contributed by atoms with E-state index >= 15 is 0 Å². The van der Waals surface area contributed by atoms with E-state index in [1.807, 2.05) is 0 Å². The molecule has 0 saturated carbocycles. The second kappa shape index (κ2) is 6.25. The van der Waals surface area contributed by atoms with Crippen LogP contribution in [0.1, 0.15) is 29.1 Å². The van der Waals surface area contributed by atoms with Crippen LogP contribution in [-0.2, 0) is 20.4 Å². The first-order valence-electron chi connectivity index (χ1n) is 7.15. The molecule has 1 N–H and O–H groups in total. The van der Waals surface area contributed by atoms with Gasteiger partial charge in [-0.2, -0.15) is 0 Å². The number of Topliss-reactive ketones (excluding diaryl/α,β-unsaturated/α-hetero) is 1. The molecule has 2 aromatic rings. The van der Waals surface area contributed by atoms with Gasteiger partial charge < -0.3 is 5.11 Å². The van der Waals surface area contributed by atoms with Crippen molar-refractivity contribution in [3.05, 3.63) is 52.2 Å². The predicted octanol–water partition coefficient (Wildman–Crippen LogP) is 3.14. The van der Waals surface area contributed by atoms with Crippen LogP contribution in [0.3, 0.4) is 0 Å². The Morgan fingerprint density at radius 2 is 1.91 bits per heavy atom. The minimum Gasteiger partial charge on any atom is -0.511 e. The normalized spacial score (nSPS) is 15.9. The maximum Gasteiger partial charge on any atom is 0.183 e. The fourth-order valence-corrected chi connectivity index (χ4v) is 5.14. The molecule has 0 saturated heterocycles. The van der Waals surface area contributed by atoms with E-state index < -0.39 is 9.84 Å². The number of carbonyl (C=O) groups is 1. The van der Waals surface area contributed by atoms with Crippen molar-refractivity contribution in [1.82, 2.24) is 4.98 Å². The van der Waals surface area contributed by atoms with E-state index in [1.165, 1.54) is 6.20 Å². The average Bonchev–Trinajstić information content (AvgIpc) is 2.95. The topological polar surface area (TPSA) is 84.3 Å². The summed E-state index contributed by atoms with van der Waals surface area (Å²) in [6, 6.07) is 8.21. The molecular formula is C16H15NO4S2. The maximum absolute atomic E-state index is 12.4. The highest BCUT2D eigenvalue weighted by atomic mass is 32.2. The van der Waals surface area contributed by atoms with Crippen LogP contribution >= 0.6 is 11.3 Å². The number of ketones is 1. The highest BCUT2D eigenvalue weighted by molar-refractivity contribution is 7.90. The van der Waals surface area contributed by atoms with Crippen LogP contribution in [0.25, 0.3) is 5.57 Å². The molecular weight excluding hydrogens is 334 g/mol. The van der Waals surface area contributed by atoms with Gasteiger partial charge >= 0.3 is 0 Å². The Bertz CT molecular complexity index is 866. The van der Waals surface area contributed by atoms with E-state index in [0.29, 0.717) is 29.1 Å². The SMILES string of the molecule is O=C1CCCC(O)=C1c1ncc(CS(=O)(=O)c2ccccc2)s1. The molecule has 0 amide bonds. The summed E-state index contributed by atoms with van der Waals surface area (Å²) < 4.78 is 24.7. The molecule has 3 rings (SSSR count). The Morgan fingerprint density at radius 3 is 2.61 bits per heavy atom. The number of hydrogen-bond donors (Lipinski definition) is 1. The van der Waals surface area contributed by atoms with Crippen LogP contribution in [0, 0.1) is 0 Å². The number of hydrogen-bond acceptors (Lipinski definition) is 6. The van der Waals surface area contributed by atoms with Crippen molar-refractivity contribution in [3.63, 3.8) is 0 Å². The molecule has 7 heteroatoms. The second-order valence-corrected chi connectivity index (χ2v) is 8.41. The quantitative estimate of drug-likeness (QED) is 0.916. The van der Waals surface area contributed by atoms with Gasteiger partial charge in [0.15, 0.2) is 15.6 Å². The number of rotatable bonds is 4. The van der Waals surface area contributed by atoms with Crippen molar-refractivity contribution in [3.8, 4) is 0 Å². The van der Waals surface area contributed by atoms with Gasteiger partial charge in [-0.1, -0.05) is 18.2 Å². The highest BCUT2D eigenvalue weighted by Crippen LogP contribution is 2.32. The number of aliphatic hydroxyl groups is 1. The lowest BCUT2D eigenvalue weighted by atomic mass is 9.97. The van der Waals surface area contributed by atoms with Crippen LogP contribution in [0.15, 0.2) is 47.2 Å². The third-order valence-corrected chi connectivity index (χ3v) is 6.47. The molecule has 0 spiro atoms. The van der Waals surface area contributed by atoms with Crippen LogP contribution in [0.5, 0.6) is 0 Å². The molecule has 1 aromatic heterocycles. The van der Waals surface area contributed by atoms with Gasteiger partial charge in [0, 0.05) is 23.9 Å². The molecule has 1 heterocycles. The number of aromatic nitrogens is 1. The fraction of sp³-hybridized carbons (Fsp3) is 0.250. The summed E-state index contributed by atoms with van der Waals surface area (Å²) in [5.74, 6) is -0.259. The number of sulfone groups is 1. The summed E-state index contributed by atoms with van der Waals surface area (Å²) in [6.07, 6.45) is 2.94. The Balaban J connectivity index is 1.87. The highest BCUT2D eigenvalue weighted by Gasteiger charge is 2.25. The summed E-state index contributed by atoms with van der Waals surface area (Å²) in [5.41, 5.74) is 0.240. The Labute approximate surface area is 138 Å². The Morgan fingerprint density at radius 1 is 1.17 bits per heavy atom. The van der Waals surface area contributed by atoms with Crippen LogP contribution in [0.2, 0.25) is 0 Å². The van der Waals surface area contributed by atoms with Crippen molar-refractivity contribution in [2.24, 2.45) is 0 Å². The molecule has 0 radical (unpaired) electrons. The number of carbonyl (C=O) groups excluding carboxylic acids is 1. The third-order valence-electron chi connectivity index (χ3n) is 3.59. The zero-order chi connectivity index (χ0) is 16.4. The lowest BCUT2D eigenvalue weighted by Gasteiger charge is -2.12. The number of nitrogens with zero attached hydrogens (tertiary/aromatic N) is 1. The lowest BCUT2D eigenvalue weighted by molar-refractivity contribution is -0.114. The van der Waals surface area contributed by atoms with E-state index in [-0.39, 0.29) is 27.8 Å². The van der Waals surface area contributed by atoms with Gasteiger partial charge in [-0.15, -0.1) is 11.3 Å². The van der Waals surface area contributed by atoms with Gasteiger partial charge in [0.25, 0.3) is 0 Å². The number of aliphatic hydroxyl groups excluding tert-OH is 1. The monoisotopic (exact) mass is 349 g/mol. The smallest absolute Gasteiger partial charge is 0.183 e. The number of thiazole rings is 1. The summed E-state index contributed by atoms with van der Waals surface area (Å²) in [5, 5.41) is 10.3. The van der Waals surface area contributed by atoms with Gasteiger partial charge in [-0.3, -0.25) is 4.79 Å². The summed E-state index contributed by atoms with van der Waals surface area (Å²) in [6.45, 7) is 0. The first kappa shape index (κ1) is 15.9. The van der Waals surface area contributed by atoms with Gasteiger partial charge in [0.2, 0.25) is 0 Å². The zero-order valence-corrected chi connectivity index (χ0v) is 13.9.